The molecule has 0 unspecified atom stereocenters. The molecule has 0 spiro atoms. The third kappa shape index (κ3) is 44.8. The number of aliphatic carboxylic acids is 1. The van der Waals surface area contributed by atoms with Gasteiger partial charge in [0.05, 0.1) is 37.4 Å². The Morgan fingerprint density at radius 3 is 1.67 bits per heavy atom. The van der Waals surface area contributed by atoms with E-state index in [1.165, 1.54) is 58.3 Å². The number of carbonyl (C=O) groups excluding carboxylic acids is 9. The Balaban J connectivity index is -0.000000951. The van der Waals surface area contributed by atoms with Crippen molar-refractivity contribution in [2.24, 2.45) is 22.7 Å². The van der Waals surface area contributed by atoms with Crippen LogP contribution in [0.3, 0.4) is 0 Å². The summed E-state index contributed by atoms with van der Waals surface area (Å²) in [6.07, 6.45) is 17.3. The number of hydrogen-bond donors (Lipinski definition) is 6. The SMILES string of the molecule is CCCC(=O)CNC(=O)CCC(=O)CNC(C)=O.CCCCC(=O)C[C@@H](CCC(=O)N[C@@H](CO)C(=O)CCC)C(=O)O.CCCCCCCCCCCC(C)=O.CCO/N=C(\C)c1ccc(C[C@H](N)C(=O)C(C)C)cc1. The summed E-state index contributed by atoms with van der Waals surface area (Å²) in [5, 5.41) is 29.6. The van der Waals surface area contributed by atoms with E-state index in [1.54, 1.807) is 6.92 Å². The third-order valence-electron chi connectivity index (χ3n) is 11.7. The molecular formula is C58H99N5O13. The number of unbranched alkanes of at least 4 members (excludes halogenated alkanes) is 9. The monoisotopic (exact) mass is 1070 g/mol. The van der Waals surface area contributed by atoms with Crippen molar-refractivity contribution in [3.8, 4) is 0 Å². The highest BCUT2D eigenvalue weighted by Gasteiger charge is 2.24. The Morgan fingerprint density at radius 2 is 1.17 bits per heavy atom. The van der Waals surface area contributed by atoms with Crippen LogP contribution in [0.1, 0.15) is 222 Å². The molecule has 7 N–H and O–H groups in total. The first kappa shape index (κ1) is 74.7. The second-order valence-corrected chi connectivity index (χ2v) is 19.4. The van der Waals surface area contributed by atoms with Gasteiger partial charge >= 0.3 is 5.97 Å². The summed E-state index contributed by atoms with van der Waals surface area (Å²) < 4.78 is 0. The summed E-state index contributed by atoms with van der Waals surface area (Å²) in [6.45, 7) is 18.5. The van der Waals surface area contributed by atoms with Gasteiger partial charge in [-0.25, -0.2) is 0 Å². The molecule has 434 valence electrons. The van der Waals surface area contributed by atoms with E-state index in [2.05, 4.69) is 28.0 Å². The summed E-state index contributed by atoms with van der Waals surface area (Å²) in [5.74, 6) is -3.28. The number of nitrogens with zero attached hydrogens (tertiary/aromatic N) is 1. The maximum atomic E-state index is 11.9. The predicted octanol–water partition coefficient (Wildman–Crippen LogP) is 8.46. The van der Waals surface area contributed by atoms with Crippen LogP contribution in [0.4, 0.5) is 0 Å². The zero-order valence-electron chi connectivity index (χ0n) is 48.1. The van der Waals surface area contributed by atoms with Crippen LogP contribution < -0.4 is 21.7 Å². The second kappa shape index (κ2) is 49.1. The average Bonchev–Trinajstić information content (AvgIpc) is 3.38. The number of aliphatic hydroxyl groups is 1. The van der Waals surface area contributed by atoms with Gasteiger partial charge in [-0.2, -0.15) is 0 Å². The summed E-state index contributed by atoms with van der Waals surface area (Å²) >= 11 is 0. The molecule has 76 heavy (non-hydrogen) atoms. The first-order valence-electron chi connectivity index (χ1n) is 27.8. The fourth-order valence-corrected chi connectivity index (χ4v) is 7.06. The first-order chi connectivity index (χ1) is 36.0. The summed E-state index contributed by atoms with van der Waals surface area (Å²) in [7, 11) is 0. The van der Waals surface area contributed by atoms with E-state index in [0.717, 1.165) is 48.9 Å². The molecule has 0 bridgehead atoms. The number of nitrogens with one attached hydrogen (secondary N) is 3. The lowest BCUT2D eigenvalue weighted by Crippen LogP contribution is -2.43. The minimum absolute atomic E-state index is 0.0181. The van der Waals surface area contributed by atoms with Crippen molar-refractivity contribution in [1.82, 2.24) is 16.0 Å². The molecule has 1 aromatic rings. The van der Waals surface area contributed by atoms with Crippen LogP contribution in [0.15, 0.2) is 29.4 Å². The number of carbonyl (C=O) groups is 10. The largest absolute Gasteiger partial charge is 0.481 e. The molecule has 18 heteroatoms. The van der Waals surface area contributed by atoms with Crippen LogP contribution in [0.5, 0.6) is 0 Å². The standard InChI is InChI=1S/C17H29NO6.C16H24N2O2.C13H26O.C12H20N2O4/c1-3-5-7-13(20)10-12(17(23)24)8-9-16(22)18-14(11-19)15(21)6-4-2;1-5-20-18-12(4)14-8-6-13(7-9-14)10-15(17)16(19)11(2)3;1-3-4-5-6-7-8-9-10-11-12-13(2)14;1-3-4-10(16)8-14-12(18)6-5-11(17)7-13-9(2)15/h12,14,19H,3-11H2,1-2H3,(H,18,22)(H,23,24);6-9,11,15H,5,10,17H2,1-4H3;3-12H2,1-2H3;3-8H2,1-2H3,(H,13,15)(H,14,18)/b;18-12+;;/t12-,14+;15-;;/m10../s1. The molecule has 0 aliphatic carbocycles. The lowest BCUT2D eigenvalue weighted by molar-refractivity contribution is -0.144. The van der Waals surface area contributed by atoms with Crippen LogP contribution in [0, 0.1) is 11.8 Å². The number of carboxylic acids is 1. The highest BCUT2D eigenvalue weighted by atomic mass is 16.6. The summed E-state index contributed by atoms with van der Waals surface area (Å²) in [6, 6.07) is 6.52. The van der Waals surface area contributed by atoms with Gasteiger partial charge < -0.3 is 41.5 Å². The highest BCUT2D eigenvalue weighted by molar-refractivity contribution is 5.98. The summed E-state index contributed by atoms with van der Waals surface area (Å²) in [4.78, 5) is 118. The van der Waals surface area contributed by atoms with Gasteiger partial charge in [0.2, 0.25) is 17.7 Å². The zero-order valence-corrected chi connectivity index (χ0v) is 48.1. The van der Waals surface area contributed by atoms with Gasteiger partial charge in [0.15, 0.2) is 23.1 Å². The van der Waals surface area contributed by atoms with Gasteiger partial charge in [0.1, 0.15) is 24.2 Å². The van der Waals surface area contributed by atoms with Gasteiger partial charge in [-0.05, 0) is 70.4 Å². The van der Waals surface area contributed by atoms with Crippen molar-refractivity contribution in [2.45, 2.75) is 229 Å². The molecule has 1 rings (SSSR count). The molecule has 0 fully saturated rings. The van der Waals surface area contributed by atoms with E-state index >= 15 is 0 Å². The maximum absolute atomic E-state index is 11.9. The molecule has 0 heterocycles. The number of rotatable bonds is 40. The smallest absolute Gasteiger partial charge is 0.306 e. The van der Waals surface area contributed by atoms with Crippen molar-refractivity contribution in [1.29, 1.82) is 0 Å². The van der Waals surface area contributed by atoms with Gasteiger partial charge in [-0.15, -0.1) is 0 Å². The number of ketones is 6. The molecular weight excluding hydrogens is 975 g/mol. The molecule has 0 saturated carbocycles. The van der Waals surface area contributed by atoms with E-state index in [9.17, 15) is 47.9 Å². The van der Waals surface area contributed by atoms with Crippen molar-refractivity contribution >= 4 is 64.1 Å². The Labute approximate surface area is 455 Å². The molecule has 3 amide bonds. The van der Waals surface area contributed by atoms with Crippen LogP contribution in [0.25, 0.3) is 0 Å². The number of aliphatic hydroxyl groups excluding tert-OH is 1. The van der Waals surface area contributed by atoms with Crippen LogP contribution in [0.2, 0.25) is 0 Å². The van der Waals surface area contributed by atoms with Gasteiger partial charge in [0, 0.05) is 64.2 Å². The van der Waals surface area contributed by atoms with Crippen molar-refractivity contribution in [3.63, 3.8) is 0 Å². The highest BCUT2D eigenvalue weighted by Crippen LogP contribution is 2.16. The third-order valence-corrected chi connectivity index (χ3v) is 11.7. The molecule has 18 nitrogen and oxygen atoms in total. The van der Waals surface area contributed by atoms with Gasteiger partial charge in [-0.1, -0.05) is 129 Å². The second-order valence-electron chi connectivity index (χ2n) is 19.4. The van der Waals surface area contributed by atoms with Crippen molar-refractivity contribution in [3.05, 3.63) is 35.4 Å². The van der Waals surface area contributed by atoms with E-state index in [4.69, 9.17) is 20.8 Å². The minimum Gasteiger partial charge on any atom is -0.481 e. The van der Waals surface area contributed by atoms with Crippen molar-refractivity contribution < 1.29 is 63.0 Å². The quantitative estimate of drug-likeness (QED) is 0.0204. The molecule has 1 aromatic carbocycles. The Bertz CT molecular complexity index is 1870. The normalized spacial score (nSPS) is 11.9. The number of benzene rings is 1. The van der Waals surface area contributed by atoms with Crippen LogP contribution in [-0.4, -0.2) is 113 Å². The average molecular weight is 1070 g/mol. The zero-order chi connectivity index (χ0) is 58.3. The van der Waals surface area contributed by atoms with Crippen molar-refractivity contribution in [2.75, 3.05) is 26.3 Å². The lowest BCUT2D eigenvalue weighted by Gasteiger charge is -2.16. The van der Waals surface area contributed by atoms with Crippen LogP contribution >= 0.6 is 0 Å². The number of nitrogens with two attached hydrogens (primary N) is 1. The molecule has 0 radical (unpaired) electrons. The molecule has 3 atom stereocenters. The topological polar surface area (TPSA) is 295 Å². The van der Waals surface area contributed by atoms with Crippen LogP contribution in [-0.2, 0) is 59.2 Å². The Hall–Kier alpha value is -5.49. The number of oxime groups is 1. The van der Waals surface area contributed by atoms with E-state index in [-0.39, 0.29) is 98.3 Å². The fourth-order valence-electron chi connectivity index (χ4n) is 7.06. The van der Waals surface area contributed by atoms with Gasteiger partial charge in [-0.3, -0.25) is 43.2 Å². The first-order valence-corrected chi connectivity index (χ1v) is 27.8. The molecule has 0 aliphatic heterocycles. The Kier molecular flexibility index (Phi) is 48.3. The molecule has 0 saturated heterocycles. The number of carboxylic acid groups (broad SMARTS) is 1. The van der Waals surface area contributed by atoms with Gasteiger partial charge in [0.25, 0.3) is 0 Å². The van der Waals surface area contributed by atoms with E-state index < -0.39 is 36.5 Å². The number of hydrogen-bond acceptors (Lipinski definition) is 14. The molecule has 0 aliphatic rings. The number of amides is 3. The summed E-state index contributed by atoms with van der Waals surface area (Å²) in [5.41, 5.74) is 8.82. The fraction of sp³-hybridized carbons (Fsp3) is 0.707. The minimum atomic E-state index is -1.10. The van der Waals surface area contributed by atoms with E-state index in [0.29, 0.717) is 38.1 Å². The predicted molar refractivity (Wildman–Crippen MR) is 299 cm³/mol. The Morgan fingerprint density at radius 1 is 0.618 bits per heavy atom. The molecule has 0 aromatic heterocycles. The lowest BCUT2D eigenvalue weighted by atomic mass is 9.95. The number of Topliss-reactive ketones (excluding diaryl/α,β-unsaturated/α-hetero) is 6. The van der Waals surface area contributed by atoms with E-state index in [1.807, 2.05) is 72.7 Å². The maximum Gasteiger partial charge on any atom is 0.306 e.